The molecule has 0 nitrogen and oxygen atoms in total. The minimum atomic E-state index is -0.428. The third-order valence-corrected chi connectivity index (χ3v) is 7.53. The predicted octanol–water partition coefficient (Wildman–Crippen LogP) is 4.64. The summed E-state index contributed by atoms with van der Waals surface area (Å²) in [6, 6.07) is 22.0. The second-order valence-electron chi connectivity index (χ2n) is 5.77. The lowest BCUT2D eigenvalue weighted by molar-refractivity contribution is 0.593. The smallest absolute Gasteiger partial charge is 0.0199 e. The van der Waals surface area contributed by atoms with E-state index in [0.717, 1.165) is 0 Å². The molecule has 0 bridgehead atoms. The maximum Gasteiger partial charge on any atom is 0.0199 e. The summed E-state index contributed by atoms with van der Waals surface area (Å²) in [5.41, 5.74) is 0. The molecule has 106 valence electrons. The van der Waals surface area contributed by atoms with Crippen LogP contribution in [0, 0.1) is 5.92 Å². The molecule has 1 heteroatoms. The number of hydrogen-bond donors (Lipinski definition) is 0. The fourth-order valence-electron chi connectivity index (χ4n) is 2.97. The van der Waals surface area contributed by atoms with Gasteiger partial charge in [-0.2, -0.15) is 0 Å². The van der Waals surface area contributed by atoms with Gasteiger partial charge in [0, 0.05) is 5.16 Å². The molecule has 0 saturated heterocycles. The van der Waals surface area contributed by atoms with Gasteiger partial charge in [0.05, 0.1) is 0 Å². The van der Waals surface area contributed by atoms with E-state index < -0.39 is 7.92 Å². The largest absolute Gasteiger partial charge is 0.0805 e. The summed E-state index contributed by atoms with van der Waals surface area (Å²) >= 11 is 0. The van der Waals surface area contributed by atoms with Crippen LogP contribution in [-0.2, 0) is 0 Å². The van der Waals surface area contributed by atoms with Gasteiger partial charge in [-0.3, -0.25) is 0 Å². The van der Waals surface area contributed by atoms with Crippen LogP contribution < -0.4 is 10.6 Å². The zero-order valence-electron chi connectivity index (χ0n) is 12.6. The third-order valence-electron chi connectivity index (χ3n) is 4.38. The van der Waals surface area contributed by atoms with Crippen LogP contribution in [0.25, 0.3) is 0 Å². The van der Waals surface area contributed by atoms with Crippen molar-refractivity contribution in [3.63, 3.8) is 0 Å². The second-order valence-corrected chi connectivity index (χ2v) is 8.43. The molecule has 0 amide bonds. The zero-order chi connectivity index (χ0) is 14.7. The molecular weight excluding hydrogens is 271 g/mol. The highest BCUT2D eigenvalue weighted by Gasteiger charge is 2.38. The summed E-state index contributed by atoms with van der Waals surface area (Å²) in [4.78, 5) is 0. The Labute approximate surface area is 129 Å². The summed E-state index contributed by atoms with van der Waals surface area (Å²) < 4.78 is 0. The predicted molar refractivity (Wildman–Crippen MR) is 94.9 cm³/mol. The summed E-state index contributed by atoms with van der Waals surface area (Å²) in [6.45, 7) is 4.74. The first kappa shape index (κ1) is 14.3. The van der Waals surface area contributed by atoms with E-state index in [2.05, 4.69) is 98.8 Å². The van der Waals surface area contributed by atoms with Crippen molar-refractivity contribution in [1.29, 1.82) is 0 Å². The van der Waals surface area contributed by atoms with E-state index >= 15 is 0 Å². The summed E-state index contributed by atoms with van der Waals surface area (Å²) in [7, 11) is -0.428. The molecule has 1 aliphatic carbocycles. The molecule has 0 N–H and O–H groups in total. The second kappa shape index (κ2) is 6.00. The lowest BCUT2D eigenvalue weighted by atomic mass is 9.91. The molecule has 1 aliphatic rings. The maximum absolute atomic E-state index is 2.41. The summed E-state index contributed by atoms with van der Waals surface area (Å²) in [6.07, 6.45) is 9.13. The first-order valence-corrected chi connectivity index (χ1v) is 8.82. The van der Waals surface area contributed by atoms with Crippen LogP contribution in [0.1, 0.15) is 13.8 Å². The molecule has 2 aromatic carbocycles. The fraction of sp³-hybridized carbons (Fsp3) is 0.200. The Bertz CT molecular complexity index is 603. The van der Waals surface area contributed by atoms with Gasteiger partial charge in [-0.25, -0.2) is 0 Å². The zero-order valence-corrected chi connectivity index (χ0v) is 13.5. The van der Waals surface area contributed by atoms with Crippen LogP contribution in [0.2, 0.25) is 0 Å². The molecule has 0 aromatic heterocycles. The Morgan fingerprint density at radius 1 is 0.810 bits per heavy atom. The van der Waals surface area contributed by atoms with Gasteiger partial charge in [-0.1, -0.05) is 98.8 Å². The fourth-order valence-corrected chi connectivity index (χ4v) is 6.05. The number of benzene rings is 2. The van der Waals surface area contributed by atoms with Gasteiger partial charge in [-0.05, 0) is 24.4 Å². The molecule has 21 heavy (non-hydrogen) atoms. The Morgan fingerprint density at radius 2 is 1.33 bits per heavy atom. The molecule has 0 radical (unpaired) electrons. The summed E-state index contributed by atoms with van der Waals surface area (Å²) in [5.74, 6) is 0.536. The number of rotatable bonds is 3. The molecule has 2 aromatic rings. The SMILES string of the molecule is CC1C=CC=CC1(C)P(c1ccccc1)c1ccccc1. The van der Waals surface area contributed by atoms with Crippen LogP contribution in [0.15, 0.2) is 85.0 Å². The molecule has 2 unspecified atom stereocenters. The van der Waals surface area contributed by atoms with Crippen molar-refractivity contribution >= 4 is 18.5 Å². The Morgan fingerprint density at radius 3 is 1.81 bits per heavy atom. The first-order valence-electron chi connectivity index (χ1n) is 7.48. The van der Waals surface area contributed by atoms with Crippen molar-refractivity contribution in [2.75, 3.05) is 0 Å². The van der Waals surface area contributed by atoms with Crippen molar-refractivity contribution in [2.45, 2.75) is 19.0 Å². The molecule has 0 fully saturated rings. The van der Waals surface area contributed by atoms with Gasteiger partial charge in [0.25, 0.3) is 0 Å². The van der Waals surface area contributed by atoms with Crippen LogP contribution >= 0.6 is 7.92 Å². The Kier molecular flexibility index (Phi) is 4.08. The van der Waals surface area contributed by atoms with Crippen LogP contribution in [0.5, 0.6) is 0 Å². The lowest BCUT2D eigenvalue weighted by Gasteiger charge is -2.41. The highest BCUT2D eigenvalue weighted by Crippen LogP contribution is 2.54. The van der Waals surface area contributed by atoms with Crippen LogP contribution in [-0.4, -0.2) is 5.16 Å². The summed E-state index contributed by atoms with van der Waals surface area (Å²) in [5, 5.41) is 3.06. The normalized spacial score (nSPS) is 24.4. The highest BCUT2D eigenvalue weighted by atomic mass is 31.1. The van der Waals surface area contributed by atoms with E-state index in [9.17, 15) is 0 Å². The molecule has 0 saturated carbocycles. The van der Waals surface area contributed by atoms with E-state index in [1.165, 1.54) is 10.6 Å². The molecule has 0 spiro atoms. The van der Waals surface area contributed by atoms with Crippen molar-refractivity contribution < 1.29 is 0 Å². The van der Waals surface area contributed by atoms with E-state index in [0.29, 0.717) is 5.92 Å². The van der Waals surface area contributed by atoms with Crippen LogP contribution in [0.3, 0.4) is 0 Å². The van der Waals surface area contributed by atoms with Crippen molar-refractivity contribution in [3.8, 4) is 0 Å². The van der Waals surface area contributed by atoms with Gasteiger partial charge in [0.15, 0.2) is 0 Å². The van der Waals surface area contributed by atoms with Crippen molar-refractivity contribution in [1.82, 2.24) is 0 Å². The maximum atomic E-state index is 2.41. The minimum Gasteiger partial charge on any atom is -0.0805 e. The molecule has 3 rings (SSSR count). The monoisotopic (exact) mass is 292 g/mol. The number of hydrogen-bond acceptors (Lipinski definition) is 0. The van der Waals surface area contributed by atoms with E-state index in [4.69, 9.17) is 0 Å². The topological polar surface area (TPSA) is 0 Å². The number of allylic oxidation sites excluding steroid dienone is 4. The highest BCUT2D eigenvalue weighted by molar-refractivity contribution is 7.74. The van der Waals surface area contributed by atoms with E-state index in [1.807, 2.05) is 0 Å². The van der Waals surface area contributed by atoms with Gasteiger partial charge >= 0.3 is 0 Å². The minimum absolute atomic E-state index is 0.160. The average molecular weight is 292 g/mol. The molecule has 2 atom stereocenters. The lowest BCUT2D eigenvalue weighted by Crippen LogP contribution is -2.36. The average Bonchev–Trinajstić information content (AvgIpc) is 2.53. The molecule has 0 heterocycles. The van der Waals surface area contributed by atoms with Crippen LogP contribution in [0.4, 0.5) is 0 Å². The Balaban J connectivity index is 2.14. The standard InChI is InChI=1S/C20H21P/c1-17-11-9-10-16-20(17,2)21(18-12-5-3-6-13-18)19-14-7-4-8-15-19/h3-17H,1-2H3. The van der Waals surface area contributed by atoms with Crippen molar-refractivity contribution in [3.05, 3.63) is 85.0 Å². The van der Waals surface area contributed by atoms with E-state index in [1.54, 1.807) is 0 Å². The molecule has 0 aliphatic heterocycles. The third kappa shape index (κ3) is 2.74. The van der Waals surface area contributed by atoms with Gasteiger partial charge in [0.2, 0.25) is 0 Å². The van der Waals surface area contributed by atoms with Gasteiger partial charge in [0.1, 0.15) is 0 Å². The Hall–Kier alpha value is -1.65. The molecular formula is C20H21P. The van der Waals surface area contributed by atoms with Crippen molar-refractivity contribution in [2.24, 2.45) is 5.92 Å². The van der Waals surface area contributed by atoms with Gasteiger partial charge < -0.3 is 0 Å². The quantitative estimate of drug-likeness (QED) is 0.723. The van der Waals surface area contributed by atoms with Gasteiger partial charge in [-0.15, -0.1) is 0 Å². The van der Waals surface area contributed by atoms with E-state index in [-0.39, 0.29) is 5.16 Å². The first-order chi connectivity index (χ1) is 10.2.